The first-order valence-electron chi connectivity index (χ1n) is 24.6. The molecule has 0 bridgehead atoms. The predicted molar refractivity (Wildman–Crippen MR) is 300 cm³/mol. The first kappa shape index (κ1) is 58.9. The summed E-state index contributed by atoms with van der Waals surface area (Å²) in [6, 6.07) is 9.62. The lowest BCUT2D eigenvalue weighted by Crippen LogP contribution is -2.23. The average Bonchev–Trinajstić information content (AvgIpc) is 2.81. The smallest absolute Gasteiger partial charge is 0.273 e. The van der Waals surface area contributed by atoms with Gasteiger partial charge in [-0.3, -0.25) is 19.2 Å². The van der Waals surface area contributed by atoms with Gasteiger partial charge in [-0.25, -0.2) is 19.3 Å². The van der Waals surface area contributed by atoms with E-state index in [2.05, 4.69) is 113 Å². The van der Waals surface area contributed by atoms with Crippen LogP contribution in [-0.4, -0.2) is 163 Å². The summed E-state index contributed by atoms with van der Waals surface area (Å²) in [5.74, 6) is -0.0695. The number of amides is 4. The van der Waals surface area contributed by atoms with Crippen LogP contribution in [-0.2, 0) is 25.9 Å². The molecule has 9 N–H and O–H groups in total. The first-order valence-corrected chi connectivity index (χ1v) is 25.0. The molecule has 33 nitrogen and oxygen atoms in total. The summed E-state index contributed by atoms with van der Waals surface area (Å²) >= 11 is 5.92. The maximum Gasteiger partial charge on any atom is 0.273 e. The summed E-state index contributed by atoms with van der Waals surface area (Å²) in [4.78, 5) is 65.6. The lowest BCUT2D eigenvalue weighted by Gasteiger charge is -2.15. The zero-order valence-electron chi connectivity index (χ0n) is 46.0. The highest BCUT2D eigenvalue weighted by molar-refractivity contribution is 6.29. The van der Waals surface area contributed by atoms with E-state index in [0.717, 1.165) is 0 Å². The van der Waals surface area contributed by atoms with Gasteiger partial charge in [-0.2, -0.15) is 45.0 Å². The Bertz CT molecular complexity index is 3720. The van der Waals surface area contributed by atoms with E-state index < -0.39 is 35.7 Å². The Hall–Kier alpha value is -11.2. The predicted octanol–water partition coefficient (Wildman–Crippen LogP) is 2.87. The van der Waals surface area contributed by atoms with E-state index in [9.17, 15) is 23.6 Å². The van der Waals surface area contributed by atoms with E-state index in [1.807, 2.05) is 0 Å². The molecular weight excluding hydrogens is 1120 g/mol. The zero-order valence-corrected chi connectivity index (χ0v) is 46.8. The number of methoxy groups -OCH3 is 3. The van der Waals surface area contributed by atoms with E-state index in [1.54, 1.807) is 76.5 Å². The number of hydrogen-bond donors (Lipinski definition) is 8. The molecule has 9 heterocycles. The number of hydrogen-bond acceptors (Lipinski definition) is 26. The van der Waals surface area contributed by atoms with Crippen molar-refractivity contribution in [2.75, 3.05) is 69.5 Å². The van der Waals surface area contributed by atoms with Gasteiger partial charge in [-0.1, -0.05) is 11.6 Å². The highest BCUT2D eigenvalue weighted by atomic mass is 35.5. The number of rotatable bonds is 17. The number of aryl methyl sites for hydroxylation is 3. The Kier molecular flexibility index (Phi) is 18.5. The van der Waals surface area contributed by atoms with Crippen molar-refractivity contribution < 1.29 is 37.8 Å². The number of alkyl halides is 1. The van der Waals surface area contributed by atoms with Crippen molar-refractivity contribution in [2.45, 2.75) is 12.6 Å². The van der Waals surface area contributed by atoms with Gasteiger partial charge in [0, 0.05) is 79.1 Å². The number of nitrogens with zero attached hydrogens (tertiary/aromatic N) is 18. The van der Waals surface area contributed by atoms with Gasteiger partial charge in [0.05, 0.1) is 79.6 Å². The van der Waals surface area contributed by atoms with Crippen LogP contribution in [0.15, 0.2) is 73.6 Å². The Morgan fingerprint density at radius 3 is 1.30 bits per heavy atom. The van der Waals surface area contributed by atoms with Crippen molar-refractivity contribution in [3.8, 4) is 51.0 Å². The molecule has 10 rings (SSSR count). The molecule has 1 aliphatic carbocycles. The molecule has 35 heteroatoms. The molecule has 9 aromatic heterocycles. The number of carbonyl (C=O) groups excluding carboxylic acids is 4. The van der Waals surface area contributed by atoms with Crippen LogP contribution in [0, 0.1) is 5.92 Å². The summed E-state index contributed by atoms with van der Waals surface area (Å²) < 4.78 is 29.7. The van der Waals surface area contributed by atoms with Crippen LogP contribution < -0.4 is 57.2 Å². The number of pyridine rings is 3. The number of nitrogen functional groups attached to an aromatic ring is 1. The SMILES string of the molecule is CNC(=O)c1nnc(Cl)cc1Nc1nccc(-c2cnn(C)n2)c1OC.CNC(=O)c1nnc(N)cc1Nc1nccc(-c2cnn(C)n2)c1OC.CNC(=O)c1nnc(NC(=O)[C@@H]2C[C@@H]2F)cc1Nc1nccc(-c2cnn(C)n2)c1OC. The molecule has 434 valence electrons. The van der Waals surface area contributed by atoms with Gasteiger partial charge < -0.3 is 57.2 Å². The fourth-order valence-corrected chi connectivity index (χ4v) is 7.80. The standard InChI is InChI=1S/C19H20FN9O3.C15H15ClN8O2.C15H17N9O2/c1-21-19(31)15-12(7-14(26-27-15)25-18(30)10-6-11(10)20)24-17-16(32-3)9(4-5-22-17)13-8-23-29(2)28-13;2*1-17-15(25)12-9(6-11(16)21-22-12)20-14-13(26-3)8(4-5-18-14)10-7-19-24(2)23-10/h4-5,7-8,10-11H,6H2,1-3H3,(H,21,31)(H2,22,24,25,26,30);4-7H,1-3H3,(H,17,25)(H,18,20,21);4-7H,1-3H3,(H,17,25)(H3,16,18,20,21)/t10-,11+;;/m1../s1. The molecule has 4 amide bonds. The fraction of sp³-hybridized carbons (Fsp3) is 0.245. The van der Waals surface area contributed by atoms with E-state index in [-0.39, 0.29) is 51.8 Å². The summed E-state index contributed by atoms with van der Waals surface area (Å²) in [5.41, 5.74) is 10.5. The second-order valence-corrected chi connectivity index (χ2v) is 17.7. The quantitative estimate of drug-likeness (QED) is 0.0649. The third-order valence-electron chi connectivity index (χ3n) is 11.7. The molecule has 9 aromatic rings. The van der Waals surface area contributed by atoms with Crippen LogP contribution >= 0.6 is 11.6 Å². The molecule has 0 aromatic carbocycles. The van der Waals surface area contributed by atoms with Crippen LogP contribution in [0.25, 0.3) is 33.8 Å². The molecule has 0 radical (unpaired) electrons. The molecular formula is C49H52ClFN26O7. The highest BCUT2D eigenvalue weighted by Gasteiger charge is 2.44. The third kappa shape index (κ3) is 13.7. The zero-order chi connectivity index (χ0) is 60.2. The minimum Gasteiger partial charge on any atom is -0.492 e. The Balaban J connectivity index is 0.000000166. The average molecular weight is 1170 g/mol. The Labute approximate surface area is 480 Å². The van der Waals surface area contributed by atoms with Gasteiger partial charge in [-0.05, 0) is 24.6 Å². The second-order valence-electron chi connectivity index (χ2n) is 17.3. The molecule has 0 unspecified atom stereocenters. The van der Waals surface area contributed by atoms with E-state index in [1.165, 1.54) is 75.1 Å². The van der Waals surface area contributed by atoms with Gasteiger partial charge in [-0.15, -0.1) is 30.6 Å². The Morgan fingerprint density at radius 2 is 0.940 bits per heavy atom. The topological polar surface area (TPSA) is 414 Å². The van der Waals surface area contributed by atoms with Crippen molar-refractivity contribution in [2.24, 2.45) is 27.1 Å². The van der Waals surface area contributed by atoms with Crippen molar-refractivity contribution in [3.63, 3.8) is 0 Å². The summed E-state index contributed by atoms with van der Waals surface area (Å²) in [7, 11) is 14.1. The Morgan fingerprint density at radius 1 is 0.571 bits per heavy atom. The molecule has 0 spiro atoms. The number of ether oxygens (including phenoxy) is 3. The first-order chi connectivity index (χ1) is 40.5. The molecule has 0 saturated heterocycles. The number of aromatic nitrogens is 18. The van der Waals surface area contributed by atoms with Crippen molar-refractivity contribution in [3.05, 3.63) is 95.8 Å². The maximum atomic E-state index is 13.2. The van der Waals surface area contributed by atoms with Crippen LogP contribution in [0.3, 0.4) is 0 Å². The number of nitrogens with one attached hydrogen (secondary N) is 7. The van der Waals surface area contributed by atoms with Crippen LogP contribution in [0.4, 0.5) is 50.5 Å². The van der Waals surface area contributed by atoms with E-state index >= 15 is 0 Å². The van der Waals surface area contributed by atoms with Gasteiger partial charge in [0.2, 0.25) is 5.91 Å². The monoisotopic (exact) mass is 1170 g/mol. The molecule has 84 heavy (non-hydrogen) atoms. The normalized spacial score (nSPS) is 12.9. The largest absolute Gasteiger partial charge is 0.492 e. The molecule has 1 saturated carbocycles. The number of halogens is 2. The van der Waals surface area contributed by atoms with Crippen LogP contribution in [0.1, 0.15) is 37.9 Å². The lowest BCUT2D eigenvalue weighted by atomic mass is 10.2. The van der Waals surface area contributed by atoms with Crippen molar-refractivity contribution in [1.82, 2.24) is 106 Å². The van der Waals surface area contributed by atoms with Crippen molar-refractivity contribution in [1.29, 1.82) is 0 Å². The summed E-state index contributed by atoms with van der Waals surface area (Å²) in [6.07, 6.45) is 8.55. The van der Waals surface area contributed by atoms with Gasteiger partial charge in [0.1, 0.15) is 29.1 Å². The number of nitrogens with two attached hydrogens (primary N) is 1. The van der Waals surface area contributed by atoms with Crippen LogP contribution in [0.2, 0.25) is 5.15 Å². The lowest BCUT2D eigenvalue weighted by molar-refractivity contribution is -0.117. The highest BCUT2D eigenvalue weighted by Crippen LogP contribution is 2.39. The summed E-state index contributed by atoms with van der Waals surface area (Å²) in [6.45, 7) is 0. The second kappa shape index (κ2) is 26.4. The molecule has 1 aliphatic rings. The number of anilines is 8. The fourth-order valence-electron chi connectivity index (χ4n) is 7.65. The van der Waals surface area contributed by atoms with Gasteiger partial charge in [0.25, 0.3) is 17.7 Å². The number of carbonyl (C=O) groups is 4. The molecule has 1 fully saturated rings. The summed E-state index contributed by atoms with van der Waals surface area (Å²) in [5, 5.41) is 67.1. The van der Waals surface area contributed by atoms with Crippen LogP contribution in [0.5, 0.6) is 17.2 Å². The molecule has 0 aliphatic heterocycles. The van der Waals surface area contributed by atoms with Gasteiger partial charge in [0.15, 0.2) is 62.8 Å². The third-order valence-corrected chi connectivity index (χ3v) is 11.9. The maximum absolute atomic E-state index is 13.2. The van der Waals surface area contributed by atoms with Crippen molar-refractivity contribution >= 4 is 81.4 Å². The van der Waals surface area contributed by atoms with E-state index in [4.69, 9.17) is 31.5 Å². The molecule has 2 atom stereocenters. The minimum atomic E-state index is -1.15. The van der Waals surface area contributed by atoms with E-state index in [0.29, 0.717) is 74.0 Å². The minimum absolute atomic E-state index is 0.0333. The van der Waals surface area contributed by atoms with Gasteiger partial charge >= 0.3 is 0 Å².